The predicted octanol–water partition coefficient (Wildman–Crippen LogP) is 2.84. The number of halogens is 1. The third-order valence-corrected chi connectivity index (χ3v) is 2.86. The van der Waals surface area contributed by atoms with Gasteiger partial charge in [-0.2, -0.15) is 5.26 Å². The maximum Gasteiger partial charge on any atom is 0.256 e. The molecule has 2 aromatic carbocycles. The van der Waals surface area contributed by atoms with E-state index in [2.05, 4.69) is 5.32 Å². The first-order valence-electron chi connectivity index (χ1n) is 5.88. The molecule has 0 bridgehead atoms. The molecule has 0 heterocycles. The van der Waals surface area contributed by atoms with E-state index in [1.54, 1.807) is 19.1 Å². The molecule has 0 spiro atoms. The zero-order valence-electron chi connectivity index (χ0n) is 10.8. The van der Waals surface area contributed by atoms with Crippen molar-refractivity contribution < 1.29 is 9.18 Å². The summed E-state index contributed by atoms with van der Waals surface area (Å²) in [7, 11) is 0. The highest BCUT2D eigenvalue weighted by atomic mass is 19.1. The molecule has 20 heavy (non-hydrogen) atoms. The van der Waals surface area contributed by atoms with E-state index >= 15 is 0 Å². The number of carbonyl (C=O) groups is 1. The van der Waals surface area contributed by atoms with E-state index in [4.69, 9.17) is 11.0 Å². The Balaban J connectivity index is 2.33. The van der Waals surface area contributed by atoms with Crippen molar-refractivity contribution in [1.29, 1.82) is 5.26 Å². The molecule has 0 saturated heterocycles. The molecule has 0 atom stereocenters. The maximum atomic E-state index is 13.2. The van der Waals surface area contributed by atoms with Crippen molar-refractivity contribution in [2.75, 3.05) is 11.1 Å². The van der Waals surface area contributed by atoms with E-state index in [1.807, 2.05) is 6.07 Å². The van der Waals surface area contributed by atoms with Crippen LogP contribution in [-0.4, -0.2) is 5.91 Å². The second-order valence-electron chi connectivity index (χ2n) is 4.33. The number of nitrogens with one attached hydrogen (secondary N) is 1. The van der Waals surface area contributed by atoms with Crippen molar-refractivity contribution in [3.8, 4) is 6.07 Å². The quantitative estimate of drug-likeness (QED) is 0.823. The van der Waals surface area contributed by atoms with Gasteiger partial charge in [0.2, 0.25) is 0 Å². The first kappa shape index (κ1) is 13.6. The van der Waals surface area contributed by atoms with Gasteiger partial charge in [-0.15, -0.1) is 0 Å². The summed E-state index contributed by atoms with van der Waals surface area (Å²) in [6.07, 6.45) is 0. The van der Waals surface area contributed by atoms with Gasteiger partial charge in [-0.3, -0.25) is 4.79 Å². The minimum absolute atomic E-state index is 0.228. The number of amides is 1. The fourth-order valence-electron chi connectivity index (χ4n) is 1.79. The highest BCUT2D eigenvalue weighted by molar-refractivity contribution is 6.06. The molecule has 1 amide bonds. The van der Waals surface area contributed by atoms with Gasteiger partial charge >= 0.3 is 0 Å². The standard InChI is InChI=1S/C15H12FN3O/c1-9-2-3-11(16)7-13(9)15(20)19-14-5-4-12(18)6-10(14)8-17/h2-7H,18H2,1H3,(H,19,20). The van der Waals surface area contributed by atoms with E-state index < -0.39 is 11.7 Å². The van der Waals surface area contributed by atoms with Gasteiger partial charge in [-0.05, 0) is 42.8 Å². The van der Waals surface area contributed by atoms with Crippen LogP contribution in [0.2, 0.25) is 0 Å². The van der Waals surface area contributed by atoms with Crippen molar-refractivity contribution in [2.24, 2.45) is 0 Å². The molecule has 0 radical (unpaired) electrons. The van der Waals surface area contributed by atoms with Crippen LogP contribution in [0.3, 0.4) is 0 Å². The number of nitrogens with two attached hydrogens (primary N) is 1. The molecule has 2 aromatic rings. The van der Waals surface area contributed by atoms with Crippen LogP contribution in [0.5, 0.6) is 0 Å². The Morgan fingerprint density at radius 2 is 2.05 bits per heavy atom. The molecular formula is C15H12FN3O. The van der Waals surface area contributed by atoms with Gasteiger partial charge in [-0.25, -0.2) is 4.39 Å². The lowest BCUT2D eigenvalue weighted by molar-refractivity contribution is 0.102. The highest BCUT2D eigenvalue weighted by Gasteiger charge is 2.12. The molecule has 0 fully saturated rings. The number of benzene rings is 2. The van der Waals surface area contributed by atoms with Gasteiger partial charge in [-0.1, -0.05) is 6.07 Å². The number of rotatable bonds is 2. The summed E-state index contributed by atoms with van der Waals surface area (Å²) in [5.41, 5.74) is 7.49. The van der Waals surface area contributed by atoms with Crippen LogP contribution in [0.25, 0.3) is 0 Å². The van der Waals surface area contributed by atoms with Crippen molar-refractivity contribution in [1.82, 2.24) is 0 Å². The van der Waals surface area contributed by atoms with Crippen molar-refractivity contribution >= 4 is 17.3 Å². The van der Waals surface area contributed by atoms with Gasteiger partial charge in [0, 0.05) is 11.3 Å². The first-order chi connectivity index (χ1) is 9.51. The van der Waals surface area contributed by atoms with Crippen molar-refractivity contribution in [2.45, 2.75) is 6.92 Å². The largest absolute Gasteiger partial charge is 0.399 e. The fourth-order valence-corrected chi connectivity index (χ4v) is 1.79. The number of aryl methyl sites for hydroxylation is 1. The first-order valence-corrected chi connectivity index (χ1v) is 5.88. The van der Waals surface area contributed by atoms with E-state index in [1.165, 1.54) is 18.2 Å². The van der Waals surface area contributed by atoms with Gasteiger partial charge in [0.05, 0.1) is 11.3 Å². The topological polar surface area (TPSA) is 78.9 Å². The molecule has 2 rings (SSSR count). The summed E-state index contributed by atoms with van der Waals surface area (Å²) in [5, 5.41) is 11.6. The molecule has 0 aliphatic heterocycles. The Morgan fingerprint density at radius 3 is 2.75 bits per heavy atom. The van der Waals surface area contributed by atoms with Crippen LogP contribution in [0, 0.1) is 24.1 Å². The molecule has 0 unspecified atom stereocenters. The number of anilines is 2. The number of nitriles is 1. The molecule has 100 valence electrons. The van der Waals surface area contributed by atoms with Crippen molar-refractivity contribution in [3.05, 3.63) is 58.9 Å². The van der Waals surface area contributed by atoms with E-state index in [9.17, 15) is 9.18 Å². The Kier molecular flexibility index (Phi) is 3.67. The molecule has 0 aliphatic rings. The highest BCUT2D eigenvalue weighted by Crippen LogP contribution is 2.20. The lowest BCUT2D eigenvalue weighted by atomic mass is 10.1. The van der Waals surface area contributed by atoms with E-state index in [0.717, 1.165) is 6.07 Å². The summed E-state index contributed by atoms with van der Waals surface area (Å²) >= 11 is 0. The molecule has 3 N–H and O–H groups in total. The summed E-state index contributed by atoms with van der Waals surface area (Å²) in [4.78, 5) is 12.1. The van der Waals surface area contributed by atoms with E-state index in [0.29, 0.717) is 16.9 Å². The van der Waals surface area contributed by atoms with Crippen LogP contribution >= 0.6 is 0 Å². The molecule has 5 heteroatoms. The van der Waals surface area contributed by atoms with Crippen LogP contribution < -0.4 is 11.1 Å². The minimum Gasteiger partial charge on any atom is -0.399 e. The molecule has 0 aromatic heterocycles. The SMILES string of the molecule is Cc1ccc(F)cc1C(=O)Nc1ccc(N)cc1C#N. The smallest absolute Gasteiger partial charge is 0.256 e. The van der Waals surface area contributed by atoms with Crippen LogP contribution in [-0.2, 0) is 0 Å². The second kappa shape index (κ2) is 5.41. The van der Waals surface area contributed by atoms with Gasteiger partial charge in [0.15, 0.2) is 0 Å². The van der Waals surface area contributed by atoms with Crippen LogP contribution in [0.1, 0.15) is 21.5 Å². The molecule has 0 aliphatic carbocycles. The normalized spacial score (nSPS) is 9.85. The zero-order chi connectivity index (χ0) is 14.7. The van der Waals surface area contributed by atoms with Crippen LogP contribution in [0.4, 0.5) is 15.8 Å². The third-order valence-electron chi connectivity index (χ3n) is 2.86. The number of hydrogen-bond acceptors (Lipinski definition) is 3. The average Bonchev–Trinajstić information content (AvgIpc) is 2.43. The zero-order valence-corrected chi connectivity index (χ0v) is 10.8. The summed E-state index contributed by atoms with van der Waals surface area (Å²) in [6.45, 7) is 1.71. The number of nitrogens with zero attached hydrogens (tertiary/aromatic N) is 1. The molecule has 0 saturated carbocycles. The summed E-state index contributed by atoms with van der Waals surface area (Å²) in [5.74, 6) is -0.957. The Labute approximate surface area is 115 Å². The minimum atomic E-state index is -0.487. The molecule has 4 nitrogen and oxygen atoms in total. The van der Waals surface area contributed by atoms with Crippen molar-refractivity contribution in [3.63, 3.8) is 0 Å². The van der Waals surface area contributed by atoms with Gasteiger partial charge in [0.1, 0.15) is 11.9 Å². The number of nitrogen functional groups attached to an aromatic ring is 1. The Hall–Kier alpha value is -2.87. The Morgan fingerprint density at radius 1 is 1.30 bits per heavy atom. The van der Waals surface area contributed by atoms with E-state index in [-0.39, 0.29) is 11.1 Å². The lowest BCUT2D eigenvalue weighted by Crippen LogP contribution is -2.14. The lowest BCUT2D eigenvalue weighted by Gasteiger charge is -2.09. The monoisotopic (exact) mass is 269 g/mol. The number of carbonyl (C=O) groups excluding carboxylic acids is 1. The molecular weight excluding hydrogens is 257 g/mol. The number of hydrogen-bond donors (Lipinski definition) is 2. The summed E-state index contributed by atoms with van der Waals surface area (Å²) in [6, 6.07) is 10.5. The average molecular weight is 269 g/mol. The second-order valence-corrected chi connectivity index (χ2v) is 4.33. The maximum absolute atomic E-state index is 13.2. The van der Waals surface area contributed by atoms with Gasteiger partial charge < -0.3 is 11.1 Å². The fraction of sp³-hybridized carbons (Fsp3) is 0.0667. The van der Waals surface area contributed by atoms with Crippen LogP contribution in [0.15, 0.2) is 36.4 Å². The summed E-state index contributed by atoms with van der Waals surface area (Å²) < 4.78 is 13.2. The Bertz CT molecular complexity index is 720. The third kappa shape index (κ3) is 2.75. The predicted molar refractivity (Wildman–Crippen MR) is 74.7 cm³/mol. The van der Waals surface area contributed by atoms with Gasteiger partial charge in [0.25, 0.3) is 5.91 Å².